The van der Waals surface area contributed by atoms with E-state index in [1.165, 1.54) is 16.7 Å². The Labute approximate surface area is 168 Å². The van der Waals surface area contributed by atoms with Crippen LogP contribution < -0.4 is 0 Å². The Morgan fingerprint density at radius 3 is 2.71 bits per heavy atom. The second-order valence-corrected chi connectivity index (χ2v) is 8.54. The summed E-state index contributed by atoms with van der Waals surface area (Å²) >= 11 is 0. The molecule has 0 N–H and O–H groups in total. The van der Waals surface area contributed by atoms with Crippen LogP contribution in [0.2, 0.25) is 0 Å². The molecule has 2 fully saturated rings. The molecule has 28 heavy (non-hydrogen) atoms. The summed E-state index contributed by atoms with van der Waals surface area (Å²) in [6, 6.07) is 19.1. The van der Waals surface area contributed by atoms with Gasteiger partial charge >= 0.3 is 0 Å². The van der Waals surface area contributed by atoms with Crippen LogP contribution in [0, 0.1) is 12.3 Å². The number of carbonyl (C=O) groups is 1. The van der Waals surface area contributed by atoms with Crippen molar-refractivity contribution < 1.29 is 9.53 Å². The first-order valence-electron chi connectivity index (χ1n) is 10.2. The van der Waals surface area contributed by atoms with Gasteiger partial charge in [-0.2, -0.15) is 0 Å². The Hall–Kier alpha value is -2.17. The van der Waals surface area contributed by atoms with Crippen LogP contribution in [-0.2, 0) is 16.1 Å². The van der Waals surface area contributed by atoms with Crippen molar-refractivity contribution in [3.63, 3.8) is 0 Å². The molecule has 148 valence electrons. The summed E-state index contributed by atoms with van der Waals surface area (Å²) in [5.74, 6) is 0.248. The molecule has 2 aliphatic heterocycles. The first-order chi connectivity index (χ1) is 13.5. The first kappa shape index (κ1) is 19.2. The van der Waals surface area contributed by atoms with Gasteiger partial charge in [0, 0.05) is 38.0 Å². The summed E-state index contributed by atoms with van der Waals surface area (Å²) in [5.41, 5.74) is 3.70. The number of hydrogen-bond acceptors (Lipinski definition) is 3. The summed E-state index contributed by atoms with van der Waals surface area (Å²) in [6.45, 7) is 9.17. The molecule has 2 aromatic rings. The number of rotatable bonds is 4. The highest BCUT2D eigenvalue weighted by Crippen LogP contribution is 2.38. The van der Waals surface area contributed by atoms with Gasteiger partial charge in [0.15, 0.2) is 0 Å². The molecule has 1 amide bonds. The van der Waals surface area contributed by atoms with Crippen molar-refractivity contribution in [2.24, 2.45) is 5.41 Å². The normalized spacial score (nSPS) is 24.5. The number of hydrogen-bond donors (Lipinski definition) is 0. The minimum Gasteiger partial charge on any atom is -0.379 e. The Kier molecular flexibility index (Phi) is 5.51. The van der Waals surface area contributed by atoms with E-state index in [1.807, 2.05) is 18.2 Å². The molecule has 0 aromatic heterocycles. The minimum atomic E-state index is -0.111. The number of aryl methyl sites for hydroxylation is 1. The molecule has 2 aliphatic rings. The van der Waals surface area contributed by atoms with E-state index < -0.39 is 0 Å². The smallest absolute Gasteiger partial charge is 0.223 e. The van der Waals surface area contributed by atoms with E-state index in [4.69, 9.17) is 4.74 Å². The van der Waals surface area contributed by atoms with Gasteiger partial charge in [-0.25, -0.2) is 0 Å². The summed E-state index contributed by atoms with van der Waals surface area (Å²) in [6.07, 6.45) is 0.578. The zero-order valence-electron chi connectivity index (χ0n) is 16.9. The summed E-state index contributed by atoms with van der Waals surface area (Å²) < 4.78 is 5.99. The molecule has 4 rings (SSSR count). The average molecular weight is 379 g/mol. The van der Waals surface area contributed by atoms with Crippen LogP contribution in [0.15, 0.2) is 54.6 Å². The molecule has 0 aliphatic carbocycles. The highest BCUT2D eigenvalue weighted by molar-refractivity contribution is 5.80. The number of benzene rings is 2. The molecule has 4 nitrogen and oxygen atoms in total. The second-order valence-electron chi connectivity index (χ2n) is 8.54. The quantitative estimate of drug-likeness (QED) is 0.811. The van der Waals surface area contributed by atoms with E-state index in [2.05, 4.69) is 60.0 Å². The monoisotopic (exact) mass is 378 g/mol. The van der Waals surface area contributed by atoms with E-state index in [1.54, 1.807) is 0 Å². The van der Waals surface area contributed by atoms with Crippen molar-refractivity contribution in [3.05, 3.63) is 71.3 Å². The largest absolute Gasteiger partial charge is 0.379 e. The molecule has 4 heteroatoms. The summed E-state index contributed by atoms with van der Waals surface area (Å²) in [5, 5.41) is 0. The fourth-order valence-corrected chi connectivity index (χ4v) is 4.68. The maximum absolute atomic E-state index is 12.9. The van der Waals surface area contributed by atoms with Gasteiger partial charge in [0.2, 0.25) is 5.91 Å². The van der Waals surface area contributed by atoms with Gasteiger partial charge in [-0.1, -0.05) is 60.2 Å². The lowest BCUT2D eigenvalue weighted by Gasteiger charge is -2.33. The Balaban J connectivity index is 1.49. The number of carbonyl (C=O) groups excluding carboxylic acids is 1. The van der Waals surface area contributed by atoms with Crippen LogP contribution in [0.3, 0.4) is 0 Å². The highest BCUT2D eigenvalue weighted by Gasteiger charge is 2.46. The predicted octanol–water partition coefficient (Wildman–Crippen LogP) is 3.81. The van der Waals surface area contributed by atoms with Gasteiger partial charge in [-0.15, -0.1) is 0 Å². The van der Waals surface area contributed by atoms with E-state index in [0.717, 1.165) is 32.8 Å². The molecule has 0 bridgehead atoms. The molecule has 0 saturated carbocycles. The molecule has 2 saturated heterocycles. The van der Waals surface area contributed by atoms with Crippen molar-refractivity contribution in [1.29, 1.82) is 0 Å². The lowest BCUT2D eigenvalue weighted by molar-refractivity contribution is -0.129. The van der Waals surface area contributed by atoms with Crippen molar-refractivity contribution in [2.75, 3.05) is 32.8 Å². The molecule has 0 radical (unpaired) electrons. The highest BCUT2D eigenvalue weighted by atomic mass is 16.5. The lowest BCUT2D eigenvalue weighted by atomic mass is 9.87. The molecule has 0 unspecified atom stereocenters. The maximum atomic E-state index is 12.9. The number of ether oxygens (including phenoxy) is 1. The SMILES string of the molecule is Cc1cccc(CN2CCOC[C@@]3(CC(=O)N([C@H](C)c4ccccc4)C3)C2)c1. The van der Waals surface area contributed by atoms with Gasteiger partial charge in [0.25, 0.3) is 0 Å². The molecular weight excluding hydrogens is 348 g/mol. The number of nitrogens with zero attached hydrogens (tertiary/aromatic N) is 2. The van der Waals surface area contributed by atoms with Gasteiger partial charge in [0.05, 0.1) is 19.3 Å². The maximum Gasteiger partial charge on any atom is 0.223 e. The van der Waals surface area contributed by atoms with Crippen molar-refractivity contribution in [1.82, 2.24) is 9.80 Å². The van der Waals surface area contributed by atoms with E-state index >= 15 is 0 Å². The van der Waals surface area contributed by atoms with Gasteiger partial charge in [-0.05, 0) is 25.0 Å². The Morgan fingerprint density at radius 2 is 1.93 bits per heavy atom. The van der Waals surface area contributed by atoms with E-state index in [9.17, 15) is 4.79 Å². The van der Waals surface area contributed by atoms with Gasteiger partial charge in [-0.3, -0.25) is 9.69 Å². The van der Waals surface area contributed by atoms with Crippen LogP contribution in [0.25, 0.3) is 0 Å². The molecule has 2 heterocycles. The molecule has 2 atom stereocenters. The Bertz CT molecular complexity index is 822. The average Bonchev–Trinajstić information content (AvgIpc) is 2.88. The van der Waals surface area contributed by atoms with Crippen LogP contribution in [0.4, 0.5) is 0 Å². The van der Waals surface area contributed by atoms with Crippen LogP contribution in [0.1, 0.15) is 36.1 Å². The third-order valence-electron chi connectivity index (χ3n) is 6.11. The standard InChI is InChI=1S/C24H30N2O2/c1-19-7-6-8-21(13-19)15-25-11-12-28-18-24(16-25)14-23(27)26(17-24)20(2)22-9-4-3-5-10-22/h3-10,13,20H,11-12,14-18H2,1-2H3/t20-,24+/m1/s1. The van der Waals surface area contributed by atoms with Gasteiger partial charge < -0.3 is 9.64 Å². The summed E-state index contributed by atoms with van der Waals surface area (Å²) in [7, 11) is 0. The lowest BCUT2D eigenvalue weighted by Crippen LogP contribution is -2.40. The third-order valence-corrected chi connectivity index (χ3v) is 6.11. The minimum absolute atomic E-state index is 0.0987. The van der Waals surface area contributed by atoms with E-state index in [0.29, 0.717) is 13.0 Å². The molecule has 2 aromatic carbocycles. The predicted molar refractivity (Wildman–Crippen MR) is 111 cm³/mol. The van der Waals surface area contributed by atoms with Crippen molar-refractivity contribution in [3.8, 4) is 0 Å². The van der Waals surface area contributed by atoms with E-state index in [-0.39, 0.29) is 17.4 Å². The van der Waals surface area contributed by atoms with Crippen LogP contribution in [0.5, 0.6) is 0 Å². The zero-order chi connectivity index (χ0) is 19.6. The summed E-state index contributed by atoms with van der Waals surface area (Å²) in [4.78, 5) is 17.5. The first-order valence-corrected chi connectivity index (χ1v) is 10.2. The topological polar surface area (TPSA) is 32.8 Å². The number of amides is 1. The fraction of sp³-hybridized carbons (Fsp3) is 0.458. The molecular formula is C24H30N2O2. The van der Waals surface area contributed by atoms with Crippen LogP contribution in [-0.4, -0.2) is 48.6 Å². The third kappa shape index (κ3) is 4.13. The number of likely N-dealkylation sites (tertiary alicyclic amines) is 1. The fourth-order valence-electron chi connectivity index (χ4n) is 4.68. The van der Waals surface area contributed by atoms with Crippen molar-refractivity contribution >= 4 is 5.91 Å². The molecule has 1 spiro atoms. The Morgan fingerprint density at radius 1 is 1.11 bits per heavy atom. The zero-order valence-corrected chi connectivity index (χ0v) is 16.9. The second kappa shape index (κ2) is 8.06. The van der Waals surface area contributed by atoms with Crippen molar-refractivity contribution in [2.45, 2.75) is 32.9 Å². The van der Waals surface area contributed by atoms with Gasteiger partial charge in [0.1, 0.15) is 0 Å². The van der Waals surface area contributed by atoms with Crippen LogP contribution >= 0.6 is 0 Å².